The van der Waals surface area contributed by atoms with Gasteiger partial charge in [0, 0.05) is 5.71 Å². The Labute approximate surface area is 142 Å². The number of amides is 1. The number of hydrogen-bond donors (Lipinski definition) is 1. The molecule has 0 atom stereocenters. The second-order valence-corrected chi connectivity index (χ2v) is 6.60. The van der Waals surface area contributed by atoms with Crippen molar-refractivity contribution in [2.75, 3.05) is 0 Å². The van der Waals surface area contributed by atoms with Gasteiger partial charge in [0.25, 0.3) is 5.91 Å². The van der Waals surface area contributed by atoms with Crippen LogP contribution in [0.2, 0.25) is 5.02 Å². The van der Waals surface area contributed by atoms with Crippen molar-refractivity contribution in [2.45, 2.75) is 32.6 Å². The molecule has 0 aliphatic rings. The van der Waals surface area contributed by atoms with Gasteiger partial charge in [-0.05, 0) is 36.5 Å². The zero-order valence-corrected chi connectivity index (χ0v) is 14.4. The quantitative estimate of drug-likeness (QED) is 0.621. The van der Waals surface area contributed by atoms with Gasteiger partial charge in [-0.1, -0.05) is 67.9 Å². The number of carbonyl (C=O) groups excluding carboxylic acids is 1. The molecule has 3 nitrogen and oxygen atoms in total. The summed E-state index contributed by atoms with van der Waals surface area (Å²) in [7, 11) is 0. The molecule has 0 unspecified atom stereocenters. The third-order valence-electron chi connectivity index (χ3n) is 3.72. The second kappa shape index (κ2) is 7.42. The summed E-state index contributed by atoms with van der Waals surface area (Å²) in [5.41, 5.74) is 5.05. The Hall–Kier alpha value is -2.13. The predicted octanol–water partition coefficient (Wildman–Crippen LogP) is 4.81. The molecule has 23 heavy (non-hydrogen) atoms. The van der Waals surface area contributed by atoms with E-state index in [-0.39, 0.29) is 11.3 Å². The van der Waals surface area contributed by atoms with Crippen LogP contribution in [-0.2, 0) is 5.41 Å². The standard InChI is InChI=1S/C19H21ClN2O/c1-14(13-19(2,3)15-9-5-4-6-10-15)21-22-18(23)16-11-7-8-12-17(16)20/h4-12H,13H2,1-3H3,(H,22,23)/b21-14-. The number of halogens is 1. The van der Waals surface area contributed by atoms with Crippen LogP contribution in [0.5, 0.6) is 0 Å². The highest BCUT2D eigenvalue weighted by atomic mass is 35.5. The molecule has 0 heterocycles. The lowest BCUT2D eigenvalue weighted by Gasteiger charge is -2.25. The van der Waals surface area contributed by atoms with Crippen LogP contribution < -0.4 is 5.43 Å². The summed E-state index contributed by atoms with van der Waals surface area (Å²) in [6.45, 7) is 6.24. The zero-order valence-electron chi connectivity index (χ0n) is 13.6. The Kier molecular flexibility index (Phi) is 5.56. The molecule has 1 N–H and O–H groups in total. The SMILES string of the molecule is C/C(CC(C)(C)c1ccccc1)=N/NC(=O)c1ccccc1Cl. The van der Waals surface area contributed by atoms with E-state index >= 15 is 0 Å². The van der Waals surface area contributed by atoms with E-state index in [1.54, 1.807) is 24.3 Å². The average molecular weight is 329 g/mol. The molecule has 0 aromatic heterocycles. The summed E-state index contributed by atoms with van der Waals surface area (Å²) >= 11 is 6.01. The first-order valence-corrected chi connectivity index (χ1v) is 7.91. The van der Waals surface area contributed by atoms with Crippen molar-refractivity contribution in [3.63, 3.8) is 0 Å². The van der Waals surface area contributed by atoms with E-state index in [4.69, 9.17) is 11.6 Å². The number of benzene rings is 2. The average Bonchev–Trinajstić information content (AvgIpc) is 2.53. The lowest BCUT2D eigenvalue weighted by atomic mass is 9.80. The lowest BCUT2D eigenvalue weighted by molar-refractivity contribution is 0.0954. The molecule has 2 rings (SSSR count). The summed E-state index contributed by atoms with van der Waals surface area (Å²) < 4.78 is 0. The van der Waals surface area contributed by atoms with Gasteiger partial charge < -0.3 is 0 Å². The smallest absolute Gasteiger partial charge is 0.267 e. The molecule has 0 saturated heterocycles. The van der Waals surface area contributed by atoms with Gasteiger partial charge in [-0.2, -0.15) is 5.10 Å². The van der Waals surface area contributed by atoms with Crippen LogP contribution in [0.3, 0.4) is 0 Å². The fraction of sp³-hybridized carbons (Fsp3) is 0.263. The molecule has 0 radical (unpaired) electrons. The molecule has 4 heteroatoms. The van der Waals surface area contributed by atoms with Crippen molar-refractivity contribution < 1.29 is 4.79 Å². The van der Waals surface area contributed by atoms with Gasteiger partial charge in [-0.15, -0.1) is 0 Å². The Morgan fingerprint density at radius 2 is 1.70 bits per heavy atom. The van der Waals surface area contributed by atoms with Gasteiger partial charge in [-0.25, -0.2) is 5.43 Å². The minimum absolute atomic E-state index is 0.0516. The number of carbonyl (C=O) groups is 1. The number of hydrazone groups is 1. The summed E-state index contributed by atoms with van der Waals surface area (Å²) in [6.07, 6.45) is 0.750. The molecule has 0 aliphatic carbocycles. The summed E-state index contributed by atoms with van der Waals surface area (Å²) in [6, 6.07) is 17.2. The molecule has 120 valence electrons. The Balaban J connectivity index is 2.03. The summed E-state index contributed by atoms with van der Waals surface area (Å²) in [5, 5.41) is 4.63. The minimum atomic E-state index is -0.299. The minimum Gasteiger partial charge on any atom is -0.267 e. The first-order chi connectivity index (χ1) is 10.9. The van der Waals surface area contributed by atoms with Crippen molar-refractivity contribution >= 4 is 23.2 Å². The molecule has 0 fully saturated rings. The van der Waals surface area contributed by atoms with Gasteiger partial charge in [0.05, 0.1) is 10.6 Å². The third kappa shape index (κ3) is 4.67. The highest BCUT2D eigenvalue weighted by Gasteiger charge is 2.21. The van der Waals surface area contributed by atoms with Gasteiger partial charge in [0.15, 0.2) is 0 Å². The summed E-state index contributed by atoms with van der Waals surface area (Å²) in [4.78, 5) is 12.1. The lowest BCUT2D eigenvalue weighted by Crippen LogP contribution is -2.24. The van der Waals surface area contributed by atoms with Crippen LogP contribution in [0.1, 0.15) is 43.1 Å². The summed E-state index contributed by atoms with van der Waals surface area (Å²) in [5.74, 6) is -0.299. The van der Waals surface area contributed by atoms with Crippen molar-refractivity contribution in [3.8, 4) is 0 Å². The van der Waals surface area contributed by atoms with Gasteiger partial charge in [0.2, 0.25) is 0 Å². The predicted molar refractivity (Wildman–Crippen MR) is 96.1 cm³/mol. The molecular weight excluding hydrogens is 308 g/mol. The van der Waals surface area contributed by atoms with Gasteiger partial charge in [-0.3, -0.25) is 4.79 Å². The topological polar surface area (TPSA) is 41.5 Å². The molecule has 2 aromatic carbocycles. The maximum atomic E-state index is 12.1. The third-order valence-corrected chi connectivity index (χ3v) is 4.05. The number of nitrogens with zero attached hydrogens (tertiary/aromatic N) is 1. The van der Waals surface area contributed by atoms with Gasteiger partial charge >= 0.3 is 0 Å². The van der Waals surface area contributed by atoms with Crippen LogP contribution in [0.15, 0.2) is 59.7 Å². The molecule has 2 aromatic rings. The normalized spacial score (nSPS) is 12.1. The fourth-order valence-corrected chi connectivity index (χ4v) is 2.74. The van der Waals surface area contributed by atoms with E-state index < -0.39 is 0 Å². The van der Waals surface area contributed by atoms with Gasteiger partial charge in [0.1, 0.15) is 0 Å². The molecule has 0 spiro atoms. The molecule has 0 aliphatic heterocycles. The van der Waals surface area contributed by atoms with Crippen molar-refractivity contribution in [2.24, 2.45) is 5.10 Å². The van der Waals surface area contributed by atoms with E-state index in [0.29, 0.717) is 10.6 Å². The van der Waals surface area contributed by atoms with E-state index in [1.807, 2.05) is 25.1 Å². The molecule has 0 bridgehead atoms. The number of hydrogen-bond acceptors (Lipinski definition) is 2. The van der Waals surface area contributed by atoms with Crippen LogP contribution in [0.25, 0.3) is 0 Å². The maximum absolute atomic E-state index is 12.1. The monoisotopic (exact) mass is 328 g/mol. The van der Waals surface area contributed by atoms with E-state index in [2.05, 4.69) is 36.5 Å². The molecule has 0 saturated carbocycles. The van der Waals surface area contributed by atoms with Crippen LogP contribution in [0.4, 0.5) is 0 Å². The van der Waals surface area contributed by atoms with E-state index in [9.17, 15) is 4.79 Å². The Bertz CT molecular complexity index is 708. The van der Waals surface area contributed by atoms with E-state index in [0.717, 1.165) is 12.1 Å². The number of nitrogens with one attached hydrogen (secondary N) is 1. The second-order valence-electron chi connectivity index (χ2n) is 6.19. The van der Waals surface area contributed by atoms with Crippen molar-refractivity contribution in [1.29, 1.82) is 0 Å². The van der Waals surface area contributed by atoms with Crippen LogP contribution in [-0.4, -0.2) is 11.6 Å². The van der Waals surface area contributed by atoms with E-state index in [1.165, 1.54) is 5.56 Å². The highest BCUT2D eigenvalue weighted by molar-refractivity contribution is 6.33. The van der Waals surface area contributed by atoms with Crippen molar-refractivity contribution in [1.82, 2.24) is 5.43 Å². The van der Waals surface area contributed by atoms with Crippen LogP contribution in [0, 0.1) is 0 Å². The first-order valence-electron chi connectivity index (χ1n) is 7.54. The van der Waals surface area contributed by atoms with Crippen molar-refractivity contribution in [3.05, 3.63) is 70.7 Å². The molecule has 1 amide bonds. The molecular formula is C19H21ClN2O. The number of rotatable bonds is 5. The maximum Gasteiger partial charge on any atom is 0.272 e. The Morgan fingerprint density at radius 1 is 1.09 bits per heavy atom. The highest BCUT2D eigenvalue weighted by Crippen LogP contribution is 2.27. The van der Waals surface area contributed by atoms with Crippen LogP contribution >= 0.6 is 11.6 Å². The fourth-order valence-electron chi connectivity index (χ4n) is 2.52. The zero-order chi connectivity index (χ0) is 16.9. The first kappa shape index (κ1) is 17.2. The largest absolute Gasteiger partial charge is 0.272 e. The Morgan fingerprint density at radius 3 is 2.35 bits per heavy atom.